The van der Waals surface area contributed by atoms with Gasteiger partial charge in [0.05, 0.1) is 35.5 Å². The fourth-order valence-corrected chi connectivity index (χ4v) is 4.26. The number of carbonyl (C=O) groups is 2. The van der Waals surface area contributed by atoms with Crippen molar-refractivity contribution in [2.75, 3.05) is 27.3 Å². The van der Waals surface area contributed by atoms with Gasteiger partial charge in [0.25, 0.3) is 0 Å². The average Bonchev–Trinajstić information content (AvgIpc) is 2.66. The number of sulfonamides is 1. The Labute approximate surface area is 187 Å². The second-order valence-electron chi connectivity index (χ2n) is 8.05. The quantitative estimate of drug-likeness (QED) is 0.740. The number of halogens is 1. The summed E-state index contributed by atoms with van der Waals surface area (Å²) in [6.45, 7) is 7.04. The zero-order valence-corrected chi connectivity index (χ0v) is 19.4. The highest BCUT2D eigenvalue weighted by Crippen LogP contribution is 2.39. The van der Waals surface area contributed by atoms with Crippen LogP contribution >= 0.6 is 0 Å². The Morgan fingerprint density at radius 1 is 1.12 bits per heavy atom. The van der Waals surface area contributed by atoms with E-state index in [2.05, 4.69) is 4.72 Å². The van der Waals surface area contributed by atoms with Gasteiger partial charge in [-0.2, -0.15) is 0 Å². The Bertz CT molecular complexity index is 1170. The van der Waals surface area contributed by atoms with Crippen molar-refractivity contribution in [3.8, 4) is 11.1 Å². The Hall–Kier alpha value is -3.14. The van der Waals surface area contributed by atoms with E-state index in [4.69, 9.17) is 4.74 Å². The van der Waals surface area contributed by atoms with Crippen LogP contribution in [0.4, 0.5) is 26.2 Å². The number of nitrogens with one attached hydrogen (secondary N) is 1. The molecule has 10 heteroatoms. The minimum absolute atomic E-state index is 0.159. The molecule has 0 spiro atoms. The zero-order valence-electron chi connectivity index (χ0n) is 18.5. The molecule has 0 aliphatic carbocycles. The lowest BCUT2D eigenvalue weighted by atomic mass is 10.0. The fraction of sp³-hybridized carbons (Fsp3) is 0.364. The predicted molar refractivity (Wildman–Crippen MR) is 122 cm³/mol. The van der Waals surface area contributed by atoms with Crippen LogP contribution in [0.1, 0.15) is 27.7 Å². The number of ether oxygens (including phenoxy) is 1. The molecule has 1 heterocycles. The SMILES string of the molecule is CC(=O)N1c2ccc(-c3ccc(NS(C)(=O)=O)c(F)c3)cc2N(C(=O)OC(C)C)C[C@@H]1C. The number of amides is 2. The highest BCUT2D eigenvalue weighted by molar-refractivity contribution is 7.92. The van der Waals surface area contributed by atoms with Crippen molar-refractivity contribution >= 4 is 39.1 Å². The molecule has 0 unspecified atom stereocenters. The topological polar surface area (TPSA) is 96.0 Å². The van der Waals surface area contributed by atoms with Crippen LogP contribution in [0.25, 0.3) is 11.1 Å². The third kappa shape index (κ3) is 5.01. The molecule has 172 valence electrons. The third-order valence-corrected chi connectivity index (χ3v) is 5.50. The normalized spacial score (nSPS) is 16.0. The second-order valence-corrected chi connectivity index (χ2v) is 9.80. The standard InChI is InChI=1S/C22H26FN3O5S/c1-13(2)31-22(28)25-12-14(3)26(15(4)27)20-9-7-17(11-21(20)25)16-6-8-19(18(23)10-16)24-32(5,29)30/h6-11,13-14,24H,12H2,1-5H3/t14-/m0/s1. The van der Waals surface area contributed by atoms with Gasteiger partial charge in [0.2, 0.25) is 15.9 Å². The first kappa shape index (κ1) is 23.5. The van der Waals surface area contributed by atoms with Gasteiger partial charge in [0.15, 0.2) is 0 Å². The molecule has 0 radical (unpaired) electrons. The minimum Gasteiger partial charge on any atom is -0.446 e. The second kappa shape index (κ2) is 8.78. The van der Waals surface area contributed by atoms with Crippen LogP contribution in [0.5, 0.6) is 0 Å². The first-order chi connectivity index (χ1) is 14.9. The van der Waals surface area contributed by atoms with Crippen molar-refractivity contribution in [1.82, 2.24) is 0 Å². The number of hydrogen-bond acceptors (Lipinski definition) is 5. The molecule has 1 N–H and O–H groups in total. The Kier molecular flexibility index (Phi) is 6.45. The molecule has 2 aromatic rings. The first-order valence-corrected chi connectivity index (χ1v) is 12.0. The van der Waals surface area contributed by atoms with Crippen LogP contribution in [0.2, 0.25) is 0 Å². The number of rotatable bonds is 4. The number of benzene rings is 2. The monoisotopic (exact) mass is 463 g/mol. The molecule has 2 aromatic carbocycles. The van der Waals surface area contributed by atoms with Crippen molar-refractivity contribution in [1.29, 1.82) is 0 Å². The molecular formula is C22H26FN3O5S. The number of fused-ring (bicyclic) bond motifs is 1. The molecule has 1 atom stereocenters. The maximum atomic E-state index is 14.5. The van der Waals surface area contributed by atoms with E-state index in [1.54, 1.807) is 43.0 Å². The van der Waals surface area contributed by atoms with E-state index in [0.717, 1.165) is 6.26 Å². The van der Waals surface area contributed by atoms with Gasteiger partial charge in [-0.1, -0.05) is 12.1 Å². The van der Waals surface area contributed by atoms with E-state index in [0.29, 0.717) is 22.5 Å². The van der Waals surface area contributed by atoms with Gasteiger partial charge in [-0.05, 0) is 56.2 Å². The maximum Gasteiger partial charge on any atom is 0.414 e. The fourth-order valence-electron chi connectivity index (χ4n) is 3.70. The molecule has 2 amide bonds. The van der Waals surface area contributed by atoms with Crippen LogP contribution in [0.3, 0.4) is 0 Å². The summed E-state index contributed by atoms with van der Waals surface area (Å²) in [6, 6.07) is 8.97. The minimum atomic E-state index is -3.62. The summed E-state index contributed by atoms with van der Waals surface area (Å²) in [6.07, 6.45) is 0.0859. The molecule has 32 heavy (non-hydrogen) atoms. The lowest BCUT2D eigenvalue weighted by molar-refractivity contribution is -0.117. The molecule has 0 fully saturated rings. The molecule has 0 saturated carbocycles. The lowest BCUT2D eigenvalue weighted by Crippen LogP contribution is -2.51. The van der Waals surface area contributed by atoms with E-state index in [-0.39, 0.29) is 30.3 Å². The van der Waals surface area contributed by atoms with Crippen molar-refractivity contribution in [3.05, 3.63) is 42.2 Å². The van der Waals surface area contributed by atoms with E-state index in [1.807, 2.05) is 6.92 Å². The van der Waals surface area contributed by atoms with Crippen molar-refractivity contribution in [3.63, 3.8) is 0 Å². The molecule has 0 bridgehead atoms. The van der Waals surface area contributed by atoms with Crippen molar-refractivity contribution in [2.24, 2.45) is 0 Å². The Balaban J connectivity index is 2.07. The summed E-state index contributed by atoms with van der Waals surface area (Å²) in [7, 11) is -3.62. The third-order valence-electron chi connectivity index (χ3n) is 4.91. The van der Waals surface area contributed by atoms with Crippen LogP contribution in [0.15, 0.2) is 36.4 Å². The molecule has 0 saturated heterocycles. The summed E-state index contributed by atoms with van der Waals surface area (Å²) >= 11 is 0. The first-order valence-electron chi connectivity index (χ1n) is 10.1. The predicted octanol–water partition coefficient (Wildman–Crippen LogP) is 3.97. The average molecular weight is 464 g/mol. The Morgan fingerprint density at radius 3 is 2.31 bits per heavy atom. The zero-order chi connectivity index (χ0) is 23.8. The Morgan fingerprint density at radius 2 is 1.75 bits per heavy atom. The van der Waals surface area contributed by atoms with E-state index in [9.17, 15) is 22.4 Å². The molecular weight excluding hydrogens is 437 g/mol. The summed E-state index contributed by atoms with van der Waals surface area (Å²) < 4.78 is 44.8. The number of anilines is 3. The highest BCUT2D eigenvalue weighted by atomic mass is 32.2. The van der Waals surface area contributed by atoms with Crippen LogP contribution in [-0.2, 0) is 19.6 Å². The maximum absolute atomic E-state index is 14.5. The van der Waals surface area contributed by atoms with Gasteiger partial charge in [0.1, 0.15) is 5.82 Å². The smallest absolute Gasteiger partial charge is 0.414 e. The van der Waals surface area contributed by atoms with Gasteiger partial charge >= 0.3 is 6.09 Å². The summed E-state index contributed by atoms with van der Waals surface area (Å²) in [4.78, 5) is 28.1. The highest BCUT2D eigenvalue weighted by Gasteiger charge is 2.34. The molecule has 3 rings (SSSR count). The summed E-state index contributed by atoms with van der Waals surface area (Å²) in [5.41, 5.74) is 1.94. The number of hydrogen-bond donors (Lipinski definition) is 1. The van der Waals surface area contributed by atoms with E-state index >= 15 is 0 Å². The molecule has 1 aliphatic heterocycles. The van der Waals surface area contributed by atoms with Gasteiger partial charge in [-0.25, -0.2) is 17.6 Å². The van der Waals surface area contributed by atoms with Crippen molar-refractivity contribution < 1.29 is 27.1 Å². The lowest BCUT2D eigenvalue weighted by Gasteiger charge is -2.40. The van der Waals surface area contributed by atoms with Crippen LogP contribution in [0, 0.1) is 5.82 Å². The number of nitrogens with zero attached hydrogens (tertiary/aromatic N) is 2. The largest absolute Gasteiger partial charge is 0.446 e. The van der Waals surface area contributed by atoms with Crippen molar-refractivity contribution in [2.45, 2.75) is 39.8 Å². The molecule has 8 nitrogen and oxygen atoms in total. The molecule has 1 aliphatic rings. The summed E-state index contributed by atoms with van der Waals surface area (Å²) in [5.74, 6) is -0.897. The van der Waals surface area contributed by atoms with Crippen LogP contribution < -0.4 is 14.5 Å². The van der Waals surface area contributed by atoms with Gasteiger partial charge in [0, 0.05) is 13.5 Å². The van der Waals surface area contributed by atoms with Gasteiger partial charge in [-0.3, -0.25) is 14.4 Å². The number of carbonyl (C=O) groups excluding carboxylic acids is 2. The summed E-state index contributed by atoms with van der Waals surface area (Å²) in [5, 5.41) is 0. The van der Waals surface area contributed by atoms with E-state index in [1.165, 1.54) is 24.0 Å². The van der Waals surface area contributed by atoms with Gasteiger partial charge < -0.3 is 9.64 Å². The molecule has 0 aromatic heterocycles. The van der Waals surface area contributed by atoms with Gasteiger partial charge in [-0.15, -0.1) is 0 Å². The van der Waals surface area contributed by atoms with Crippen LogP contribution in [-0.4, -0.2) is 45.4 Å². The van der Waals surface area contributed by atoms with E-state index < -0.39 is 21.9 Å².